The maximum Gasteiger partial charge on any atom is 0.313 e. The van der Waals surface area contributed by atoms with Crippen molar-refractivity contribution in [2.75, 3.05) is 32.2 Å². The Morgan fingerprint density at radius 2 is 1.70 bits per heavy atom. The quantitative estimate of drug-likeness (QED) is 0.341. The predicted octanol–water partition coefficient (Wildman–Crippen LogP) is 4.40. The Bertz CT molecular complexity index is 1680. The van der Waals surface area contributed by atoms with Crippen LogP contribution in [0.5, 0.6) is 5.75 Å². The van der Waals surface area contributed by atoms with E-state index in [9.17, 15) is 19.5 Å². The Morgan fingerprint density at radius 1 is 1.00 bits per heavy atom. The van der Waals surface area contributed by atoms with Gasteiger partial charge in [-0.15, -0.1) is 0 Å². The Balaban J connectivity index is 1.51. The van der Waals surface area contributed by atoms with Crippen molar-refractivity contribution >= 4 is 45.3 Å². The number of aliphatic hydroxyl groups is 1. The maximum atomic E-state index is 15.1. The zero-order valence-electron chi connectivity index (χ0n) is 28.9. The van der Waals surface area contributed by atoms with Gasteiger partial charge in [-0.2, -0.15) is 0 Å². The van der Waals surface area contributed by atoms with E-state index < -0.39 is 72.2 Å². The first-order valence-corrected chi connectivity index (χ1v) is 17.8. The van der Waals surface area contributed by atoms with Crippen LogP contribution < -0.4 is 9.64 Å². The molecule has 2 aromatic carbocycles. The number of ether oxygens (including phenoxy) is 3. The number of methoxy groups -OCH3 is 1. The van der Waals surface area contributed by atoms with Crippen LogP contribution in [0.4, 0.5) is 5.69 Å². The van der Waals surface area contributed by atoms with Crippen molar-refractivity contribution in [1.29, 1.82) is 0 Å². The first-order valence-electron chi connectivity index (χ1n) is 17.1. The van der Waals surface area contributed by atoms with Crippen molar-refractivity contribution < 1.29 is 38.5 Å². The minimum absolute atomic E-state index is 0.131. The summed E-state index contributed by atoms with van der Waals surface area (Å²) in [6, 6.07) is 13.7. The second kappa shape index (κ2) is 14.3. The van der Waals surface area contributed by atoms with Crippen LogP contribution in [0, 0.1) is 17.8 Å². The van der Waals surface area contributed by atoms with Crippen molar-refractivity contribution in [3.63, 3.8) is 0 Å². The van der Waals surface area contributed by atoms with E-state index >= 15 is 4.79 Å². The molecule has 11 nitrogen and oxygen atoms in total. The van der Waals surface area contributed by atoms with Crippen LogP contribution in [0.1, 0.15) is 45.3 Å². The Kier molecular flexibility index (Phi) is 10.3. The van der Waals surface area contributed by atoms with Crippen LogP contribution in [0.25, 0.3) is 0 Å². The highest BCUT2D eigenvalue weighted by Gasteiger charge is 2.75. The normalized spacial score (nSPS) is 31.5. The smallest absolute Gasteiger partial charge is 0.313 e. The fraction of sp³-hybridized carbons (Fsp3) is 0.474. The van der Waals surface area contributed by atoms with Gasteiger partial charge in [0.25, 0.3) is 5.91 Å². The second-order valence-electron chi connectivity index (χ2n) is 13.7. The summed E-state index contributed by atoms with van der Waals surface area (Å²) < 4.78 is 18.9. The van der Waals surface area contributed by atoms with Crippen molar-refractivity contribution in [1.82, 2.24) is 9.80 Å². The summed E-state index contributed by atoms with van der Waals surface area (Å²) in [6.07, 6.45) is 4.35. The number of aliphatic hydroxyl groups excluding tert-OH is 1. The number of hydrogen-bond acceptors (Lipinski definition) is 8. The Morgan fingerprint density at radius 3 is 2.34 bits per heavy atom. The number of allylic oxidation sites excluding steroid dienone is 1. The van der Waals surface area contributed by atoms with E-state index in [1.54, 1.807) is 54.3 Å². The van der Waals surface area contributed by atoms with Gasteiger partial charge in [-0.25, -0.2) is 0 Å². The number of amides is 3. The van der Waals surface area contributed by atoms with Crippen LogP contribution in [0.2, 0.25) is 0 Å². The number of likely N-dealkylation sites (tertiary alicyclic amines) is 1. The molecule has 0 saturated carbocycles. The third-order valence-electron chi connectivity index (χ3n) is 10.6. The first-order chi connectivity index (χ1) is 23.9. The lowest BCUT2D eigenvalue weighted by molar-refractivity contribution is -0.164. The molecule has 0 unspecified atom stereocenters. The lowest BCUT2D eigenvalue weighted by Crippen LogP contribution is -2.59. The fourth-order valence-electron chi connectivity index (χ4n) is 7.82. The largest absolute Gasteiger partial charge is 0.497 e. The zero-order chi connectivity index (χ0) is 35.9. The van der Waals surface area contributed by atoms with E-state index in [2.05, 4.69) is 15.9 Å². The van der Waals surface area contributed by atoms with Crippen molar-refractivity contribution in [3.8, 4) is 5.75 Å². The molecule has 4 aliphatic heterocycles. The van der Waals surface area contributed by atoms with Gasteiger partial charge in [0.1, 0.15) is 35.5 Å². The van der Waals surface area contributed by atoms with E-state index in [0.717, 1.165) is 0 Å². The number of carbonyl (C=O) groups excluding carboxylic acids is 4. The van der Waals surface area contributed by atoms with Gasteiger partial charge < -0.3 is 34.0 Å². The molecule has 4 heterocycles. The minimum Gasteiger partial charge on any atom is -0.497 e. The molecule has 2 aromatic rings. The number of esters is 1. The third kappa shape index (κ3) is 6.05. The number of anilines is 1. The van der Waals surface area contributed by atoms with Gasteiger partial charge in [-0.05, 0) is 55.2 Å². The fourth-order valence-corrected chi connectivity index (χ4v) is 8.55. The van der Waals surface area contributed by atoms with Crippen LogP contribution in [-0.2, 0) is 28.7 Å². The summed E-state index contributed by atoms with van der Waals surface area (Å²) in [5, 5.41) is 10.7. The zero-order valence-corrected chi connectivity index (χ0v) is 30.5. The molecular formula is C38H44BrN3O8. The summed E-state index contributed by atoms with van der Waals surface area (Å²) in [7, 11) is 3.25. The lowest BCUT2D eigenvalue weighted by atomic mass is 9.74. The molecule has 2 saturated heterocycles. The van der Waals surface area contributed by atoms with Crippen LogP contribution in [0.3, 0.4) is 0 Å². The SMILES string of the molecule is COc1ccc(N2C/C=C\CCC(=O)N(C)[C@H](C)[C@@H](c3ccccc3)OC(=O)[C@@H]3[C@H]4O[C@@]5(C=C4Br)[C@H](C2=O)N([C@@H](CO)C(C)C)C(=O)[C@@H]35)cc1. The van der Waals surface area contributed by atoms with Gasteiger partial charge in [0.05, 0.1) is 31.7 Å². The van der Waals surface area contributed by atoms with E-state index in [1.807, 2.05) is 63.3 Å². The highest BCUT2D eigenvalue weighted by atomic mass is 79.9. The number of nitrogens with zero attached hydrogens (tertiary/aromatic N) is 3. The molecule has 1 spiro atoms. The summed E-state index contributed by atoms with van der Waals surface area (Å²) in [5.74, 6) is -3.51. The molecule has 6 rings (SSSR count). The van der Waals surface area contributed by atoms with Crippen molar-refractivity contribution in [2.24, 2.45) is 17.8 Å². The molecule has 4 aliphatic rings. The van der Waals surface area contributed by atoms with Gasteiger partial charge in [0, 0.05) is 30.2 Å². The molecule has 1 N–H and O–H groups in total. The standard InChI is InChI=1S/C38H44BrN3O8/c1-22(2)28(21-43)42-34-36(46)41(25-15-17-26(48-5)18-16-25)19-11-7-10-14-29(44)40(4)23(3)32(24-12-8-6-9-13-24)49-37(47)30-31(35(42)45)38(34)20-27(39)33(30)50-38/h6-9,11-13,15-18,20,22-23,28,30-34,43H,10,14,19,21H2,1-5H3/b11-7-/t23-,28+,30+,31-,32+,33+,34+,38-/m1/s1. The number of rotatable bonds is 6. The number of hydrogen-bond donors (Lipinski definition) is 1. The number of carbonyl (C=O) groups is 4. The highest BCUT2D eigenvalue weighted by Crippen LogP contribution is 2.59. The predicted molar refractivity (Wildman–Crippen MR) is 189 cm³/mol. The van der Waals surface area contributed by atoms with E-state index in [4.69, 9.17) is 14.2 Å². The molecule has 0 radical (unpaired) electrons. The number of cyclic esters (lactones) is 1. The van der Waals surface area contributed by atoms with Gasteiger partial charge in [-0.3, -0.25) is 19.2 Å². The molecule has 0 aliphatic carbocycles. The molecule has 0 aromatic heterocycles. The Labute approximate surface area is 301 Å². The number of halogens is 1. The van der Waals surface area contributed by atoms with Crippen LogP contribution in [0.15, 0.2) is 77.3 Å². The van der Waals surface area contributed by atoms with Crippen molar-refractivity contribution in [3.05, 3.63) is 82.9 Å². The molecule has 8 atom stereocenters. The molecule has 2 fully saturated rings. The van der Waals surface area contributed by atoms with Gasteiger partial charge >= 0.3 is 5.97 Å². The average Bonchev–Trinajstić information content (AvgIpc) is 3.71. The maximum absolute atomic E-state index is 15.1. The number of benzene rings is 2. The van der Waals surface area contributed by atoms with Gasteiger partial charge in [0.2, 0.25) is 11.8 Å². The summed E-state index contributed by atoms with van der Waals surface area (Å²) in [5.41, 5.74) is -0.272. The van der Waals surface area contributed by atoms with Crippen LogP contribution >= 0.6 is 15.9 Å². The van der Waals surface area contributed by atoms with Gasteiger partial charge in [-0.1, -0.05) is 72.3 Å². The molecule has 12 heteroatoms. The summed E-state index contributed by atoms with van der Waals surface area (Å²) in [4.78, 5) is 62.4. The number of fused-ring (bicyclic) bond motifs is 2. The topological polar surface area (TPSA) is 126 Å². The molecule has 3 amide bonds. The van der Waals surface area contributed by atoms with Gasteiger partial charge in [0.15, 0.2) is 0 Å². The van der Waals surface area contributed by atoms with E-state index in [1.165, 1.54) is 4.90 Å². The van der Waals surface area contributed by atoms with Crippen LogP contribution in [-0.4, -0.2) is 95.7 Å². The molecule has 266 valence electrons. The Hall–Kier alpha value is -4.00. The highest BCUT2D eigenvalue weighted by molar-refractivity contribution is 9.11. The van der Waals surface area contributed by atoms with E-state index in [0.29, 0.717) is 27.9 Å². The lowest BCUT2D eigenvalue weighted by Gasteiger charge is -2.40. The molecule has 5 bridgehead atoms. The summed E-state index contributed by atoms with van der Waals surface area (Å²) in [6.45, 7) is 5.33. The second-order valence-corrected chi connectivity index (χ2v) is 14.7. The molecular weight excluding hydrogens is 706 g/mol. The first kappa shape index (κ1) is 35.8. The monoisotopic (exact) mass is 749 g/mol. The third-order valence-corrected chi connectivity index (χ3v) is 11.3. The minimum atomic E-state index is -1.52. The number of likely N-dealkylation sites (N-methyl/N-ethyl adjacent to an activating group) is 1. The van der Waals surface area contributed by atoms with Crippen molar-refractivity contribution in [2.45, 2.75) is 69.5 Å². The van der Waals surface area contributed by atoms with E-state index in [-0.39, 0.29) is 24.8 Å². The average molecular weight is 751 g/mol. The molecule has 50 heavy (non-hydrogen) atoms. The summed E-state index contributed by atoms with van der Waals surface area (Å²) >= 11 is 3.61.